The van der Waals surface area contributed by atoms with Gasteiger partial charge >= 0.3 is 0 Å². The Morgan fingerprint density at radius 1 is 1.25 bits per heavy atom. The summed E-state index contributed by atoms with van der Waals surface area (Å²) in [4.78, 5) is 0. The molecular formula is C12H16N4. The van der Waals surface area contributed by atoms with Crippen LogP contribution in [-0.2, 0) is 0 Å². The maximum Gasteiger partial charge on any atom is 0.103 e. The number of hydrogen-bond donors (Lipinski definition) is 1. The number of hydrogen-bond acceptors (Lipinski definition) is 3. The second-order valence-corrected chi connectivity index (χ2v) is 3.82. The second kappa shape index (κ2) is 4.45. The summed E-state index contributed by atoms with van der Waals surface area (Å²) in [6, 6.07) is 10.3. The van der Waals surface area contributed by atoms with Crippen molar-refractivity contribution < 1.29 is 0 Å². The molecule has 16 heavy (non-hydrogen) atoms. The minimum Gasteiger partial charge on any atom is -0.312 e. The molecule has 0 saturated carbocycles. The molecule has 1 aromatic heterocycles. The van der Waals surface area contributed by atoms with Crippen LogP contribution in [0, 0.1) is 6.92 Å². The molecule has 2 aromatic rings. The van der Waals surface area contributed by atoms with Crippen LogP contribution in [0.2, 0.25) is 0 Å². The van der Waals surface area contributed by atoms with Gasteiger partial charge in [0.05, 0.1) is 17.4 Å². The van der Waals surface area contributed by atoms with E-state index in [9.17, 15) is 0 Å². The van der Waals surface area contributed by atoms with Gasteiger partial charge < -0.3 is 5.32 Å². The van der Waals surface area contributed by atoms with Crippen LogP contribution in [0.15, 0.2) is 30.3 Å². The van der Waals surface area contributed by atoms with E-state index in [4.69, 9.17) is 0 Å². The molecule has 0 spiro atoms. The van der Waals surface area contributed by atoms with Crippen LogP contribution in [0.1, 0.15) is 24.4 Å². The first kappa shape index (κ1) is 10.8. The smallest absolute Gasteiger partial charge is 0.103 e. The van der Waals surface area contributed by atoms with E-state index in [1.165, 1.54) is 0 Å². The summed E-state index contributed by atoms with van der Waals surface area (Å²) >= 11 is 0. The molecule has 84 valence electrons. The summed E-state index contributed by atoms with van der Waals surface area (Å²) in [6.07, 6.45) is 0. The molecule has 4 nitrogen and oxygen atoms in total. The highest BCUT2D eigenvalue weighted by Crippen LogP contribution is 2.16. The van der Waals surface area contributed by atoms with E-state index < -0.39 is 0 Å². The maximum atomic E-state index is 4.21. The van der Waals surface area contributed by atoms with Crippen LogP contribution in [0.4, 0.5) is 0 Å². The maximum absolute atomic E-state index is 4.21. The predicted molar refractivity (Wildman–Crippen MR) is 63.6 cm³/mol. The topological polar surface area (TPSA) is 42.7 Å². The van der Waals surface area contributed by atoms with Gasteiger partial charge in [0.25, 0.3) is 0 Å². The lowest BCUT2D eigenvalue weighted by Gasteiger charge is -2.08. The van der Waals surface area contributed by atoms with E-state index in [0.29, 0.717) is 0 Å². The van der Waals surface area contributed by atoms with Crippen molar-refractivity contribution in [1.29, 1.82) is 0 Å². The Morgan fingerprint density at radius 3 is 2.56 bits per heavy atom. The van der Waals surface area contributed by atoms with E-state index >= 15 is 0 Å². The molecule has 0 aliphatic heterocycles. The van der Waals surface area contributed by atoms with Gasteiger partial charge in [-0.1, -0.05) is 23.4 Å². The third-order valence-electron chi connectivity index (χ3n) is 2.77. The molecule has 1 heterocycles. The van der Waals surface area contributed by atoms with Crippen LogP contribution < -0.4 is 5.32 Å². The van der Waals surface area contributed by atoms with Gasteiger partial charge in [-0.3, -0.25) is 0 Å². The van der Waals surface area contributed by atoms with E-state index in [1.807, 2.05) is 49.0 Å². The molecule has 0 aliphatic rings. The van der Waals surface area contributed by atoms with Crippen molar-refractivity contribution in [2.75, 3.05) is 7.05 Å². The largest absolute Gasteiger partial charge is 0.312 e. The van der Waals surface area contributed by atoms with E-state index in [-0.39, 0.29) is 6.04 Å². The van der Waals surface area contributed by atoms with Gasteiger partial charge in [-0.15, -0.1) is 5.10 Å². The number of nitrogens with one attached hydrogen (secondary N) is 1. The summed E-state index contributed by atoms with van der Waals surface area (Å²) in [5.41, 5.74) is 3.11. The molecular weight excluding hydrogens is 200 g/mol. The Labute approximate surface area is 95.3 Å². The monoisotopic (exact) mass is 216 g/mol. The molecule has 0 aliphatic carbocycles. The average Bonchev–Trinajstić information content (AvgIpc) is 2.71. The molecule has 0 saturated heterocycles. The third-order valence-corrected chi connectivity index (χ3v) is 2.77. The van der Waals surface area contributed by atoms with Crippen LogP contribution in [0.25, 0.3) is 5.69 Å². The van der Waals surface area contributed by atoms with Crippen molar-refractivity contribution in [1.82, 2.24) is 20.3 Å². The number of rotatable bonds is 3. The van der Waals surface area contributed by atoms with Crippen LogP contribution >= 0.6 is 0 Å². The summed E-state index contributed by atoms with van der Waals surface area (Å²) in [5.74, 6) is 0. The first-order valence-electron chi connectivity index (χ1n) is 5.39. The Kier molecular flexibility index (Phi) is 3.01. The Morgan fingerprint density at radius 2 is 1.94 bits per heavy atom. The molecule has 1 aromatic carbocycles. The van der Waals surface area contributed by atoms with Gasteiger partial charge in [0.1, 0.15) is 5.69 Å². The highest BCUT2D eigenvalue weighted by molar-refractivity contribution is 5.33. The van der Waals surface area contributed by atoms with E-state index in [1.54, 1.807) is 0 Å². The normalized spacial score (nSPS) is 12.7. The Balaban J connectivity index is 2.41. The third kappa shape index (κ3) is 1.84. The van der Waals surface area contributed by atoms with E-state index in [2.05, 4.69) is 22.6 Å². The van der Waals surface area contributed by atoms with Crippen LogP contribution in [0.5, 0.6) is 0 Å². The van der Waals surface area contributed by atoms with Crippen LogP contribution in [0.3, 0.4) is 0 Å². The van der Waals surface area contributed by atoms with E-state index in [0.717, 1.165) is 17.1 Å². The lowest BCUT2D eigenvalue weighted by molar-refractivity contribution is 0.627. The standard InChI is InChI=1S/C12H16N4/c1-9(13-3)12-10(2)16(15-14-12)11-7-5-4-6-8-11/h4-9,13H,1-3H3. The van der Waals surface area contributed by atoms with Gasteiger partial charge in [-0.2, -0.15) is 0 Å². The SMILES string of the molecule is CNC(C)c1nnn(-c2ccccc2)c1C. The van der Waals surface area contributed by atoms with Gasteiger partial charge in [-0.05, 0) is 33.0 Å². The zero-order valence-electron chi connectivity index (χ0n) is 9.81. The number of benzene rings is 1. The average molecular weight is 216 g/mol. The lowest BCUT2D eigenvalue weighted by Crippen LogP contribution is -2.14. The van der Waals surface area contributed by atoms with Gasteiger partial charge in [0.15, 0.2) is 0 Å². The molecule has 0 amide bonds. The van der Waals surface area contributed by atoms with Crippen molar-refractivity contribution in [3.63, 3.8) is 0 Å². The highest BCUT2D eigenvalue weighted by atomic mass is 15.4. The molecule has 0 bridgehead atoms. The predicted octanol–water partition coefficient (Wildman–Crippen LogP) is 1.86. The number of aromatic nitrogens is 3. The fourth-order valence-electron chi connectivity index (χ4n) is 1.69. The zero-order valence-corrected chi connectivity index (χ0v) is 9.81. The fourth-order valence-corrected chi connectivity index (χ4v) is 1.69. The quantitative estimate of drug-likeness (QED) is 0.851. The lowest BCUT2D eigenvalue weighted by atomic mass is 10.2. The van der Waals surface area contributed by atoms with Gasteiger partial charge in [0.2, 0.25) is 0 Å². The molecule has 0 radical (unpaired) electrons. The molecule has 1 atom stereocenters. The number of nitrogens with zero attached hydrogens (tertiary/aromatic N) is 3. The summed E-state index contributed by atoms with van der Waals surface area (Å²) < 4.78 is 1.86. The van der Waals surface area contributed by atoms with Gasteiger partial charge in [-0.25, -0.2) is 4.68 Å². The highest BCUT2D eigenvalue weighted by Gasteiger charge is 2.14. The first-order chi connectivity index (χ1) is 7.74. The summed E-state index contributed by atoms with van der Waals surface area (Å²) in [5, 5.41) is 11.6. The minimum atomic E-state index is 0.220. The number of para-hydroxylation sites is 1. The summed E-state index contributed by atoms with van der Waals surface area (Å²) in [6.45, 7) is 4.11. The molecule has 4 heteroatoms. The zero-order chi connectivity index (χ0) is 11.5. The molecule has 1 unspecified atom stereocenters. The van der Waals surface area contributed by atoms with Crippen molar-refractivity contribution in [2.24, 2.45) is 0 Å². The van der Waals surface area contributed by atoms with Crippen molar-refractivity contribution in [3.05, 3.63) is 41.7 Å². The van der Waals surface area contributed by atoms with Crippen LogP contribution in [-0.4, -0.2) is 22.0 Å². The minimum absolute atomic E-state index is 0.220. The van der Waals surface area contributed by atoms with Crippen molar-refractivity contribution in [3.8, 4) is 5.69 Å². The molecule has 0 fully saturated rings. The van der Waals surface area contributed by atoms with Crippen molar-refractivity contribution >= 4 is 0 Å². The Hall–Kier alpha value is -1.68. The van der Waals surface area contributed by atoms with Crippen molar-refractivity contribution in [2.45, 2.75) is 19.9 Å². The molecule has 2 rings (SSSR count). The fraction of sp³-hybridized carbons (Fsp3) is 0.333. The van der Waals surface area contributed by atoms with Gasteiger partial charge in [0, 0.05) is 0 Å². The first-order valence-corrected chi connectivity index (χ1v) is 5.39. The molecule has 1 N–H and O–H groups in total. The Bertz CT molecular complexity index is 461. The second-order valence-electron chi connectivity index (χ2n) is 3.82. The summed E-state index contributed by atoms with van der Waals surface area (Å²) in [7, 11) is 1.92.